The van der Waals surface area contributed by atoms with Crippen LogP contribution in [0.15, 0.2) is 0 Å². The Kier molecular flexibility index (Phi) is 19.1. The van der Waals surface area contributed by atoms with Crippen molar-refractivity contribution in [3.8, 4) is 0 Å². The lowest BCUT2D eigenvalue weighted by atomic mass is 9.91. The molecule has 0 bridgehead atoms. The van der Waals surface area contributed by atoms with Crippen LogP contribution in [0.3, 0.4) is 0 Å². The molecule has 0 amide bonds. The standard InChI is InChI=1S/C7H14.C5H12.C3H8/c1-7-5-3-2-4-6-7;1-3-5-4-2;1-3-2/h7H,2-6H2,1H3;3-5H2,1-2H3;3H2,1-2H3. The molecular formula is C15H34. The van der Waals surface area contributed by atoms with Gasteiger partial charge in [-0.25, -0.2) is 0 Å². The van der Waals surface area contributed by atoms with Crippen LogP contribution in [0.1, 0.15) is 92.4 Å². The Bertz CT molecular complexity index is 78.0. The molecule has 1 saturated carbocycles. The van der Waals surface area contributed by atoms with Gasteiger partial charge >= 0.3 is 0 Å². The summed E-state index contributed by atoms with van der Waals surface area (Å²) < 4.78 is 0. The van der Waals surface area contributed by atoms with Crippen molar-refractivity contribution in [3.05, 3.63) is 0 Å². The first kappa shape index (κ1) is 17.4. The Morgan fingerprint density at radius 2 is 1.20 bits per heavy atom. The first-order valence-corrected chi connectivity index (χ1v) is 7.22. The van der Waals surface area contributed by atoms with Crippen molar-refractivity contribution in [2.24, 2.45) is 5.92 Å². The van der Waals surface area contributed by atoms with E-state index in [1.54, 1.807) is 0 Å². The smallest absolute Gasteiger partial charge is 0.0443 e. The van der Waals surface area contributed by atoms with Crippen molar-refractivity contribution in [1.82, 2.24) is 0 Å². The quantitative estimate of drug-likeness (QED) is 0.513. The minimum absolute atomic E-state index is 1.04. The highest BCUT2D eigenvalue weighted by Crippen LogP contribution is 2.22. The van der Waals surface area contributed by atoms with Gasteiger partial charge in [-0.2, -0.15) is 0 Å². The van der Waals surface area contributed by atoms with Crippen LogP contribution in [0, 0.1) is 5.92 Å². The van der Waals surface area contributed by atoms with E-state index >= 15 is 0 Å². The zero-order valence-corrected chi connectivity index (χ0v) is 11.9. The zero-order chi connectivity index (χ0) is 11.9. The van der Waals surface area contributed by atoms with Crippen LogP contribution in [-0.4, -0.2) is 0 Å². The predicted octanol–water partition coefficient (Wildman–Crippen LogP) is 6.20. The molecule has 0 aromatic rings. The van der Waals surface area contributed by atoms with E-state index in [-0.39, 0.29) is 0 Å². The van der Waals surface area contributed by atoms with E-state index in [1.807, 2.05) is 0 Å². The minimum Gasteiger partial charge on any atom is -0.0656 e. The van der Waals surface area contributed by atoms with Crippen LogP contribution in [0.25, 0.3) is 0 Å². The fourth-order valence-electron chi connectivity index (χ4n) is 1.66. The molecule has 0 nitrogen and oxygen atoms in total. The fraction of sp³-hybridized carbons (Fsp3) is 1.00. The molecule has 0 saturated heterocycles. The van der Waals surface area contributed by atoms with Gasteiger partial charge in [0.25, 0.3) is 0 Å². The highest BCUT2D eigenvalue weighted by atomic mass is 14.1. The molecular weight excluding hydrogens is 180 g/mol. The fourth-order valence-corrected chi connectivity index (χ4v) is 1.66. The third-order valence-electron chi connectivity index (χ3n) is 2.60. The molecule has 1 fully saturated rings. The van der Waals surface area contributed by atoms with Crippen LogP contribution >= 0.6 is 0 Å². The Morgan fingerprint density at radius 3 is 1.33 bits per heavy atom. The number of rotatable bonds is 2. The molecule has 15 heavy (non-hydrogen) atoms. The van der Waals surface area contributed by atoms with E-state index < -0.39 is 0 Å². The lowest BCUT2D eigenvalue weighted by Gasteiger charge is -2.15. The third-order valence-corrected chi connectivity index (χ3v) is 2.60. The van der Waals surface area contributed by atoms with E-state index in [0.717, 1.165) is 5.92 Å². The van der Waals surface area contributed by atoms with Crippen molar-refractivity contribution in [1.29, 1.82) is 0 Å². The number of hydrogen-bond acceptors (Lipinski definition) is 0. The molecule has 0 aromatic carbocycles. The Hall–Kier alpha value is 0. The van der Waals surface area contributed by atoms with E-state index in [0.29, 0.717) is 0 Å². The molecule has 0 heteroatoms. The minimum atomic E-state index is 1.04. The van der Waals surface area contributed by atoms with Crippen molar-refractivity contribution in [2.45, 2.75) is 92.4 Å². The Balaban J connectivity index is 0. The van der Waals surface area contributed by atoms with Crippen LogP contribution < -0.4 is 0 Å². The van der Waals surface area contributed by atoms with Gasteiger partial charge in [-0.1, -0.05) is 92.4 Å². The highest BCUT2D eigenvalue weighted by Gasteiger charge is 2.05. The van der Waals surface area contributed by atoms with E-state index in [1.165, 1.54) is 57.8 Å². The maximum absolute atomic E-state index is 2.36. The van der Waals surface area contributed by atoms with Gasteiger partial charge in [0.15, 0.2) is 0 Å². The Morgan fingerprint density at radius 1 is 0.800 bits per heavy atom. The van der Waals surface area contributed by atoms with Crippen molar-refractivity contribution >= 4 is 0 Å². The summed E-state index contributed by atoms with van der Waals surface area (Å²) in [6, 6.07) is 0. The summed E-state index contributed by atoms with van der Waals surface area (Å²) in [5.41, 5.74) is 0. The van der Waals surface area contributed by atoms with Gasteiger partial charge in [0.2, 0.25) is 0 Å². The van der Waals surface area contributed by atoms with E-state index in [9.17, 15) is 0 Å². The maximum Gasteiger partial charge on any atom is -0.0443 e. The second-order valence-electron chi connectivity index (χ2n) is 4.80. The largest absolute Gasteiger partial charge is 0.0656 e. The van der Waals surface area contributed by atoms with E-state index in [4.69, 9.17) is 0 Å². The summed E-state index contributed by atoms with van der Waals surface area (Å²) in [5.74, 6) is 1.04. The molecule has 1 rings (SSSR count). The molecule has 0 spiro atoms. The normalized spacial score (nSPS) is 15.8. The summed E-state index contributed by atoms with van der Waals surface area (Å²) in [4.78, 5) is 0. The lowest BCUT2D eigenvalue weighted by Crippen LogP contribution is -1.99. The zero-order valence-electron chi connectivity index (χ0n) is 11.9. The molecule has 0 radical (unpaired) electrons. The van der Waals surface area contributed by atoms with Gasteiger partial charge in [-0.05, 0) is 5.92 Å². The summed E-state index contributed by atoms with van der Waals surface area (Å²) in [6.45, 7) is 11.0. The number of unbranched alkanes of at least 4 members (excludes halogenated alkanes) is 2. The van der Waals surface area contributed by atoms with Crippen LogP contribution in [0.4, 0.5) is 0 Å². The first-order chi connectivity index (χ1) is 7.22. The van der Waals surface area contributed by atoms with Gasteiger partial charge in [-0.3, -0.25) is 0 Å². The second-order valence-corrected chi connectivity index (χ2v) is 4.80. The monoisotopic (exact) mass is 214 g/mol. The average Bonchev–Trinajstić information content (AvgIpc) is 2.22. The average molecular weight is 214 g/mol. The van der Waals surface area contributed by atoms with Gasteiger partial charge in [0, 0.05) is 0 Å². The predicted molar refractivity (Wildman–Crippen MR) is 73.4 cm³/mol. The lowest BCUT2D eigenvalue weighted by molar-refractivity contribution is 0.385. The summed E-state index contributed by atoms with van der Waals surface area (Å²) in [6.07, 6.45) is 12.8. The first-order valence-electron chi connectivity index (χ1n) is 7.22. The molecule has 1 aliphatic carbocycles. The second kappa shape index (κ2) is 16.4. The highest BCUT2D eigenvalue weighted by molar-refractivity contribution is 4.59. The van der Waals surface area contributed by atoms with Gasteiger partial charge < -0.3 is 0 Å². The van der Waals surface area contributed by atoms with Gasteiger partial charge in [-0.15, -0.1) is 0 Å². The van der Waals surface area contributed by atoms with Crippen molar-refractivity contribution < 1.29 is 0 Å². The Labute approximate surface area is 98.9 Å². The molecule has 0 heterocycles. The molecule has 0 aliphatic heterocycles. The van der Waals surface area contributed by atoms with E-state index in [2.05, 4.69) is 34.6 Å². The SMILES string of the molecule is CC1CCCCC1.CCC.CCCCC. The van der Waals surface area contributed by atoms with Crippen LogP contribution in [-0.2, 0) is 0 Å². The summed E-state index contributed by atoms with van der Waals surface area (Å²) >= 11 is 0. The topological polar surface area (TPSA) is 0 Å². The summed E-state index contributed by atoms with van der Waals surface area (Å²) in [5, 5.41) is 0. The third kappa shape index (κ3) is 20.2. The molecule has 0 aromatic heterocycles. The molecule has 0 atom stereocenters. The van der Waals surface area contributed by atoms with Crippen molar-refractivity contribution in [3.63, 3.8) is 0 Å². The summed E-state index contributed by atoms with van der Waals surface area (Å²) in [7, 11) is 0. The van der Waals surface area contributed by atoms with Gasteiger partial charge in [0.05, 0.1) is 0 Å². The molecule has 0 N–H and O–H groups in total. The van der Waals surface area contributed by atoms with Gasteiger partial charge in [0.1, 0.15) is 0 Å². The molecule has 94 valence electrons. The number of hydrogen-bond donors (Lipinski definition) is 0. The van der Waals surface area contributed by atoms with Crippen molar-refractivity contribution in [2.75, 3.05) is 0 Å². The van der Waals surface area contributed by atoms with Crippen LogP contribution in [0.5, 0.6) is 0 Å². The molecule has 0 unspecified atom stereocenters. The maximum atomic E-state index is 2.36. The molecule has 1 aliphatic rings. The van der Waals surface area contributed by atoms with Crippen LogP contribution in [0.2, 0.25) is 0 Å².